The Hall–Kier alpha value is -2.11. The van der Waals surface area contributed by atoms with Crippen molar-refractivity contribution in [3.8, 4) is 0 Å². The lowest BCUT2D eigenvalue weighted by Gasteiger charge is -2.09. The SMILES string of the molecule is Cc1cc(N(O)O)ccc1N=Cc1ccc[nH]1. The fourth-order valence-corrected chi connectivity index (χ4v) is 1.47. The number of benzene rings is 1. The van der Waals surface area contributed by atoms with Gasteiger partial charge >= 0.3 is 0 Å². The van der Waals surface area contributed by atoms with Gasteiger partial charge in [0, 0.05) is 6.20 Å². The number of aliphatic imine (C=N–C) groups is 1. The van der Waals surface area contributed by atoms with Crippen molar-refractivity contribution in [3.63, 3.8) is 0 Å². The van der Waals surface area contributed by atoms with E-state index in [1.54, 1.807) is 24.4 Å². The summed E-state index contributed by atoms with van der Waals surface area (Å²) in [5.41, 5.74) is 2.87. The van der Waals surface area contributed by atoms with Crippen molar-refractivity contribution >= 4 is 17.6 Å². The molecule has 0 aliphatic heterocycles. The Bertz CT molecular complexity index is 519. The number of aromatic nitrogens is 1. The number of rotatable bonds is 3. The first-order valence-corrected chi connectivity index (χ1v) is 5.13. The van der Waals surface area contributed by atoms with E-state index in [0.29, 0.717) is 5.69 Å². The van der Waals surface area contributed by atoms with Gasteiger partial charge in [-0.1, -0.05) is 0 Å². The number of hydrogen-bond donors (Lipinski definition) is 3. The summed E-state index contributed by atoms with van der Waals surface area (Å²) in [5, 5.41) is 17.8. The van der Waals surface area contributed by atoms with Gasteiger partial charge in [0.1, 0.15) is 0 Å². The van der Waals surface area contributed by atoms with Gasteiger partial charge in [0.25, 0.3) is 0 Å². The topological polar surface area (TPSA) is 71.8 Å². The van der Waals surface area contributed by atoms with Crippen molar-refractivity contribution in [2.24, 2.45) is 4.99 Å². The number of aryl methyl sites for hydroxylation is 1. The lowest BCUT2D eigenvalue weighted by atomic mass is 10.2. The normalized spacial score (nSPS) is 11.0. The zero-order chi connectivity index (χ0) is 12.3. The van der Waals surface area contributed by atoms with Crippen molar-refractivity contribution in [2.75, 3.05) is 5.23 Å². The Balaban J connectivity index is 2.22. The Morgan fingerprint density at radius 2 is 2.12 bits per heavy atom. The van der Waals surface area contributed by atoms with Crippen LogP contribution in [-0.2, 0) is 0 Å². The largest absolute Gasteiger partial charge is 0.360 e. The molecule has 0 saturated heterocycles. The zero-order valence-electron chi connectivity index (χ0n) is 9.33. The molecule has 0 unspecified atom stereocenters. The van der Waals surface area contributed by atoms with Gasteiger partial charge < -0.3 is 4.98 Å². The maximum absolute atomic E-state index is 8.86. The molecule has 0 radical (unpaired) electrons. The average Bonchev–Trinajstić information content (AvgIpc) is 2.80. The minimum absolute atomic E-state index is 0.0888. The summed E-state index contributed by atoms with van der Waals surface area (Å²) in [4.78, 5) is 7.33. The number of nitrogens with zero attached hydrogens (tertiary/aromatic N) is 2. The smallest absolute Gasteiger partial charge is 0.0946 e. The Morgan fingerprint density at radius 3 is 2.71 bits per heavy atom. The second kappa shape index (κ2) is 4.82. The van der Waals surface area contributed by atoms with Gasteiger partial charge in [-0.3, -0.25) is 15.4 Å². The number of nitrogens with one attached hydrogen (secondary N) is 1. The third-order valence-electron chi connectivity index (χ3n) is 2.38. The van der Waals surface area contributed by atoms with Gasteiger partial charge in [-0.05, 0) is 42.8 Å². The molecule has 0 aliphatic rings. The molecule has 5 nitrogen and oxygen atoms in total. The van der Waals surface area contributed by atoms with Gasteiger partial charge in [0.15, 0.2) is 0 Å². The summed E-state index contributed by atoms with van der Waals surface area (Å²) in [6.07, 6.45) is 3.55. The molecular formula is C12H13N3O2. The predicted octanol–water partition coefficient (Wildman–Crippen LogP) is 2.66. The van der Waals surface area contributed by atoms with Crippen LogP contribution < -0.4 is 5.23 Å². The molecule has 1 aromatic heterocycles. The third kappa shape index (κ3) is 2.72. The lowest BCUT2D eigenvalue weighted by molar-refractivity contribution is 0.0291. The molecule has 0 atom stereocenters. The van der Waals surface area contributed by atoms with E-state index in [0.717, 1.165) is 16.9 Å². The van der Waals surface area contributed by atoms with Crippen LogP contribution in [0.1, 0.15) is 11.3 Å². The number of hydrogen-bond acceptors (Lipinski definition) is 4. The number of H-pyrrole nitrogens is 1. The van der Waals surface area contributed by atoms with Crippen LogP contribution in [-0.4, -0.2) is 21.6 Å². The molecule has 0 fully saturated rings. The summed E-state index contributed by atoms with van der Waals surface area (Å²) in [7, 11) is 0. The van der Waals surface area contributed by atoms with Crippen LogP contribution in [0.4, 0.5) is 11.4 Å². The van der Waals surface area contributed by atoms with Crippen LogP contribution >= 0.6 is 0 Å². The first kappa shape index (κ1) is 11.4. The van der Waals surface area contributed by atoms with Crippen molar-refractivity contribution in [1.29, 1.82) is 0 Å². The first-order valence-electron chi connectivity index (χ1n) is 5.13. The number of aromatic amines is 1. The Labute approximate surface area is 98.6 Å². The third-order valence-corrected chi connectivity index (χ3v) is 2.38. The maximum Gasteiger partial charge on any atom is 0.0946 e. The van der Waals surface area contributed by atoms with Gasteiger partial charge in [0.05, 0.1) is 23.3 Å². The molecule has 0 bridgehead atoms. The standard InChI is InChI=1S/C12H13N3O2/c1-9-7-11(15(16)17)4-5-12(9)14-8-10-3-2-6-13-10/h2-8,13,16-17H,1H3. The summed E-state index contributed by atoms with van der Waals surface area (Å²) >= 11 is 0. The molecule has 0 amide bonds. The highest BCUT2D eigenvalue weighted by atomic mass is 16.8. The Kier molecular flexibility index (Phi) is 3.22. The highest BCUT2D eigenvalue weighted by Gasteiger charge is 2.02. The summed E-state index contributed by atoms with van der Waals surface area (Å²) in [6, 6.07) is 8.75. The lowest BCUT2D eigenvalue weighted by Crippen LogP contribution is -2.10. The van der Waals surface area contributed by atoms with Crippen LogP contribution in [0, 0.1) is 6.92 Å². The molecule has 0 spiro atoms. The fraction of sp³-hybridized carbons (Fsp3) is 0.0833. The second-order valence-corrected chi connectivity index (χ2v) is 3.64. The van der Waals surface area contributed by atoms with Gasteiger partial charge in [-0.25, -0.2) is 0 Å². The molecule has 17 heavy (non-hydrogen) atoms. The van der Waals surface area contributed by atoms with E-state index >= 15 is 0 Å². The van der Waals surface area contributed by atoms with E-state index in [2.05, 4.69) is 9.98 Å². The van der Waals surface area contributed by atoms with Crippen LogP contribution in [0.15, 0.2) is 41.5 Å². The minimum atomic E-state index is 0.0888. The van der Waals surface area contributed by atoms with Crippen molar-refractivity contribution in [2.45, 2.75) is 6.92 Å². The highest BCUT2D eigenvalue weighted by Crippen LogP contribution is 2.23. The van der Waals surface area contributed by atoms with Crippen molar-refractivity contribution < 1.29 is 10.4 Å². The average molecular weight is 231 g/mol. The molecule has 1 heterocycles. The van der Waals surface area contributed by atoms with Crippen molar-refractivity contribution in [3.05, 3.63) is 47.8 Å². The van der Waals surface area contributed by atoms with E-state index in [1.807, 2.05) is 25.3 Å². The molecule has 0 saturated carbocycles. The molecule has 0 aliphatic carbocycles. The van der Waals surface area contributed by atoms with E-state index in [1.165, 1.54) is 0 Å². The van der Waals surface area contributed by atoms with Gasteiger partial charge in [-0.15, -0.1) is 5.23 Å². The molecular weight excluding hydrogens is 218 g/mol. The molecule has 5 heteroatoms. The van der Waals surface area contributed by atoms with E-state index in [9.17, 15) is 0 Å². The van der Waals surface area contributed by atoms with Gasteiger partial charge in [0.2, 0.25) is 0 Å². The van der Waals surface area contributed by atoms with Crippen LogP contribution in [0.5, 0.6) is 0 Å². The van der Waals surface area contributed by atoms with Crippen LogP contribution in [0.3, 0.4) is 0 Å². The van der Waals surface area contributed by atoms with Crippen LogP contribution in [0.2, 0.25) is 0 Å². The van der Waals surface area contributed by atoms with E-state index in [-0.39, 0.29) is 5.23 Å². The first-order chi connectivity index (χ1) is 8.16. The summed E-state index contributed by atoms with van der Waals surface area (Å²) in [6.45, 7) is 1.86. The van der Waals surface area contributed by atoms with E-state index < -0.39 is 0 Å². The molecule has 3 N–H and O–H groups in total. The van der Waals surface area contributed by atoms with Gasteiger partial charge in [-0.2, -0.15) is 0 Å². The van der Waals surface area contributed by atoms with Crippen molar-refractivity contribution in [1.82, 2.24) is 4.98 Å². The molecule has 2 aromatic rings. The fourth-order valence-electron chi connectivity index (χ4n) is 1.47. The summed E-state index contributed by atoms with van der Waals surface area (Å²) < 4.78 is 0. The zero-order valence-corrected chi connectivity index (χ0v) is 9.33. The maximum atomic E-state index is 8.86. The molecule has 1 aromatic carbocycles. The minimum Gasteiger partial charge on any atom is -0.360 e. The quantitative estimate of drug-likeness (QED) is 0.561. The predicted molar refractivity (Wildman–Crippen MR) is 65.3 cm³/mol. The van der Waals surface area contributed by atoms with Crippen LogP contribution in [0.25, 0.3) is 0 Å². The molecule has 2 rings (SSSR count). The number of anilines is 1. The second-order valence-electron chi connectivity index (χ2n) is 3.64. The molecule has 88 valence electrons. The van der Waals surface area contributed by atoms with E-state index in [4.69, 9.17) is 10.4 Å². The monoisotopic (exact) mass is 231 g/mol. The highest BCUT2D eigenvalue weighted by molar-refractivity contribution is 5.80. The Morgan fingerprint density at radius 1 is 1.29 bits per heavy atom. The summed E-state index contributed by atoms with van der Waals surface area (Å²) in [5.74, 6) is 0.